The zero-order chi connectivity index (χ0) is 14.9. The molecule has 2 aromatic carbocycles. The summed E-state index contributed by atoms with van der Waals surface area (Å²) in [7, 11) is 0. The number of hydrogen-bond donors (Lipinski definition) is 1. The van der Waals surface area contributed by atoms with Gasteiger partial charge in [0, 0.05) is 5.39 Å². The summed E-state index contributed by atoms with van der Waals surface area (Å²) in [6.07, 6.45) is 1.39. The van der Waals surface area contributed by atoms with Crippen LogP contribution >= 0.6 is 0 Å². The van der Waals surface area contributed by atoms with E-state index in [1.54, 1.807) is 4.52 Å². The molecule has 5 nitrogen and oxygen atoms in total. The monoisotopic (exact) mass is 291 g/mol. The second kappa shape index (κ2) is 5.04. The Hall–Kier alpha value is -3.08. The molecule has 2 aromatic heterocycles. The number of ether oxygens (including phenoxy) is 1. The summed E-state index contributed by atoms with van der Waals surface area (Å²) < 4.78 is 7.58. The maximum absolute atomic E-state index is 12.2. The highest BCUT2D eigenvalue weighted by Gasteiger charge is 2.16. The summed E-state index contributed by atoms with van der Waals surface area (Å²) in [5.74, 6) is 0.564. The van der Waals surface area contributed by atoms with Crippen molar-refractivity contribution in [1.29, 1.82) is 0 Å². The van der Waals surface area contributed by atoms with E-state index < -0.39 is 0 Å². The van der Waals surface area contributed by atoms with Gasteiger partial charge in [-0.1, -0.05) is 42.5 Å². The Labute approximate surface area is 125 Å². The van der Waals surface area contributed by atoms with E-state index in [0.29, 0.717) is 17.9 Å². The first-order chi connectivity index (χ1) is 10.8. The Balaban J connectivity index is 1.89. The number of benzene rings is 2. The summed E-state index contributed by atoms with van der Waals surface area (Å²) in [5, 5.41) is 5.10. The summed E-state index contributed by atoms with van der Waals surface area (Å²) in [4.78, 5) is 14.8. The molecule has 0 unspecified atom stereocenters. The first kappa shape index (κ1) is 12.6. The minimum atomic E-state index is -0.214. The van der Waals surface area contributed by atoms with E-state index in [2.05, 4.69) is 10.1 Å². The number of para-hydroxylation sites is 1. The molecule has 0 aliphatic rings. The van der Waals surface area contributed by atoms with Crippen molar-refractivity contribution in [3.05, 3.63) is 76.8 Å². The molecule has 2 heterocycles. The van der Waals surface area contributed by atoms with Crippen LogP contribution in [0.15, 0.2) is 65.7 Å². The van der Waals surface area contributed by atoms with E-state index in [1.165, 1.54) is 6.33 Å². The third-order valence-electron chi connectivity index (χ3n) is 3.61. The van der Waals surface area contributed by atoms with Crippen LogP contribution in [0.4, 0.5) is 0 Å². The van der Waals surface area contributed by atoms with Crippen LogP contribution in [-0.4, -0.2) is 14.6 Å². The molecule has 0 fully saturated rings. The molecule has 1 N–H and O–H groups in total. The minimum Gasteiger partial charge on any atom is -0.486 e. The normalized spacial score (nSPS) is 11.1. The molecule has 0 amide bonds. The van der Waals surface area contributed by atoms with Crippen LogP contribution in [-0.2, 0) is 6.61 Å². The summed E-state index contributed by atoms with van der Waals surface area (Å²) in [5.41, 5.74) is 2.12. The number of rotatable bonds is 3. The largest absolute Gasteiger partial charge is 0.486 e. The lowest BCUT2D eigenvalue weighted by Crippen LogP contribution is -2.11. The fourth-order valence-corrected chi connectivity index (χ4v) is 2.60. The highest BCUT2D eigenvalue weighted by molar-refractivity contribution is 5.95. The average Bonchev–Trinajstić information content (AvgIpc) is 2.89. The molecule has 5 heteroatoms. The van der Waals surface area contributed by atoms with Crippen LogP contribution in [0.3, 0.4) is 0 Å². The van der Waals surface area contributed by atoms with Gasteiger partial charge in [0.1, 0.15) is 12.9 Å². The molecule has 0 bridgehead atoms. The molecule has 0 saturated heterocycles. The highest BCUT2D eigenvalue weighted by atomic mass is 16.5. The van der Waals surface area contributed by atoms with E-state index in [4.69, 9.17) is 4.74 Å². The lowest BCUT2D eigenvalue weighted by atomic mass is 10.2. The quantitative estimate of drug-likeness (QED) is 0.631. The van der Waals surface area contributed by atoms with Crippen molar-refractivity contribution >= 4 is 16.4 Å². The van der Waals surface area contributed by atoms with Gasteiger partial charge in [0.15, 0.2) is 11.3 Å². The lowest BCUT2D eigenvalue weighted by Gasteiger charge is -2.05. The van der Waals surface area contributed by atoms with E-state index in [9.17, 15) is 4.79 Å². The van der Waals surface area contributed by atoms with Crippen LogP contribution in [0.2, 0.25) is 0 Å². The number of aromatic amines is 1. The van der Waals surface area contributed by atoms with Gasteiger partial charge < -0.3 is 9.72 Å². The topological polar surface area (TPSA) is 59.4 Å². The number of H-pyrrole nitrogens is 1. The molecule has 4 rings (SSSR count). The average molecular weight is 291 g/mol. The maximum Gasteiger partial charge on any atom is 0.278 e. The first-order valence-corrected chi connectivity index (χ1v) is 6.98. The van der Waals surface area contributed by atoms with Crippen molar-refractivity contribution in [3.8, 4) is 5.75 Å². The number of aromatic nitrogens is 3. The third kappa shape index (κ3) is 1.95. The number of hydrogen-bond acceptors (Lipinski definition) is 3. The number of fused-ring (bicyclic) bond motifs is 3. The van der Waals surface area contributed by atoms with Crippen LogP contribution < -0.4 is 10.3 Å². The summed E-state index contributed by atoms with van der Waals surface area (Å²) >= 11 is 0. The SMILES string of the molecule is O=c1[nH]cnn2c1c(OCc1ccccc1)c1ccccc12. The molecule has 108 valence electrons. The molecule has 0 spiro atoms. The van der Waals surface area contributed by atoms with Crippen molar-refractivity contribution in [2.75, 3.05) is 0 Å². The Bertz CT molecular complexity index is 1000. The smallest absolute Gasteiger partial charge is 0.278 e. The Kier molecular flexibility index (Phi) is 2.89. The molecule has 0 aliphatic carbocycles. The molecule has 4 aromatic rings. The van der Waals surface area contributed by atoms with Gasteiger partial charge in [0.05, 0.1) is 5.52 Å². The Morgan fingerprint density at radius 2 is 1.82 bits per heavy atom. The van der Waals surface area contributed by atoms with Crippen molar-refractivity contribution in [2.45, 2.75) is 6.61 Å². The summed E-state index contributed by atoms with van der Waals surface area (Å²) in [6, 6.07) is 17.6. The molecule has 0 saturated carbocycles. The van der Waals surface area contributed by atoms with Gasteiger partial charge in [0.25, 0.3) is 5.56 Å². The van der Waals surface area contributed by atoms with Crippen LogP contribution in [0.5, 0.6) is 5.75 Å². The maximum atomic E-state index is 12.2. The van der Waals surface area contributed by atoms with Gasteiger partial charge in [-0.05, 0) is 17.7 Å². The van der Waals surface area contributed by atoms with Crippen LogP contribution in [0.25, 0.3) is 16.4 Å². The number of nitrogens with one attached hydrogen (secondary N) is 1. The molecule has 22 heavy (non-hydrogen) atoms. The zero-order valence-electron chi connectivity index (χ0n) is 11.7. The van der Waals surface area contributed by atoms with Gasteiger partial charge >= 0.3 is 0 Å². The van der Waals surface area contributed by atoms with E-state index in [-0.39, 0.29) is 5.56 Å². The predicted octanol–water partition coefficient (Wildman–Crippen LogP) is 2.75. The second-order valence-corrected chi connectivity index (χ2v) is 5.00. The van der Waals surface area contributed by atoms with Crippen molar-refractivity contribution in [3.63, 3.8) is 0 Å². The van der Waals surface area contributed by atoms with E-state index >= 15 is 0 Å². The van der Waals surface area contributed by atoms with E-state index in [0.717, 1.165) is 16.5 Å². The fourth-order valence-electron chi connectivity index (χ4n) is 2.60. The number of nitrogens with zero attached hydrogens (tertiary/aromatic N) is 2. The van der Waals surface area contributed by atoms with E-state index in [1.807, 2.05) is 54.6 Å². The van der Waals surface area contributed by atoms with Crippen molar-refractivity contribution in [2.24, 2.45) is 0 Å². The third-order valence-corrected chi connectivity index (χ3v) is 3.61. The van der Waals surface area contributed by atoms with Gasteiger partial charge in [0.2, 0.25) is 0 Å². The van der Waals surface area contributed by atoms with Crippen LogP contribution in [0, 0.1) is 0 Å². The first-order valence-electron chi connectivity index (χ1n) is 6.98. The lowest BCUT2D eigenvalue weighted by molar-refractivity contribution is 0.313. The second-order valence-electron chi connectivity index (χ2n) is 5.00. The zero-order valence-corrected chi connectivity index (χ0v) is 11.7. The minimum absolute atomic E-state index is 0.214. The Morgan fingerprint density at radius 1 is 1.05 bits per heavy atom. The fraction of sp³-hybridized carbons (Fsp3) is 0.0588. The standard InChI is InChI=1S/C17H13N3O2/c21-17-15-16(22-10-12-6-2-1-3-7-12)13-8-4-5-9-14(13)20(15)19-11-18-17/h1-9,11H,10H2,(H,18,19,21). The molecule has 0 aliphatic heterocycles. The molecular weight excluding hydrogens is 278 g/mol. The summed E-state index contributed by atoms with van der Waals surface area (Å²) in [6.45, 7) is 0.402. The van der Waals surface area contributed by atoms with Gasteiger partial charge in [-0.15, -0.1) is 0 Å². The highest BCUT2D eigenvalue weighted by Crippen LogP contribution is 2.31. The molecule has 0 radical (unpaired) electrons. The Morgan fingerprint density at radius 3 is 2.68 bits per heavy atom. The predicted molar refractivity (Wildman–Crippen MR) is 84.1 cm³/mol. The van der Waals surface area contributed by atoms with Crippen molar-refractivity contribution in [1.82, 2.24) is 14.6 Å². The molecule has 0 atom stereocenters. The van der Waals surface area contributed by atoms with Gasteiger partial charge in [-0.2, -0.15) is 5.10 Å². The van der Waals surface area contributed by atoms with Crippen LogP contribution in [0.1, 0.15) is 5.56 Å². The van der Waals surface area contributed by atoms with Gasteiger partial charge in [-0.25, -0.2) is 4.52 Å². The van der Waals surface area contributed by atoms with Crippen molar-refractivity contribution < 1.29 is 4.74 Å². The van der Waals surface area contributed by atoms with Gasteiger partial charge in [-0.3, -0.25) is 4.79 Å². The molecular formula is C17H13N3O2.